The molecular formula is C18H26O6. The lowest BCUT2D eigenvalue weighted by atomic mass is 10.2. The van der Waals surface area contributed by atoms with Gasteiger partial charge in [-0.1, -0.05) is 12.8 Å². The highest BCUT2D eigenvalue weighted by Gasteiger charge is 2.07. The molecule has 134 valence electrons. The summed E-state index contributed by atoms with van der Waals surface area (Å²) in [5.74, 6) is 0.179. The van der Waals surface area contributed by atoms with Gasteiger partial charge in [-0.2, -0.15) is 0 Å². The van der Waals surface area contributed by atoms with Gasteiger partial charge in [-0.3, -0.25) is 9.59 Å². The van der Waals surface area contributed by atoms with Crippen LogP contribution in [0.4, 0.5) is 0 Å². The van der Waals surface area contributed by atoms with Crippen LogP contribution in [0.15, 0.2) is 24.3 Å². The second kappa shape index (κ2) is 12.5. The molecule has 0 unspecified atom stereocenters. The summed E-state index contributed by atoms with van der Waals surface area (Å²) in [4.78, 5) is 23.2. The molecule has 0 saturated carbocycles. The van der Waals surface area contributed by atoms with E-state index in [0.29, 0.717) is 50.0 Å². The van der Waals surface area contributed by atoms with Crippen molar-refractivity contribution in [2.45, 2.75) is 51.4 Å². The van der Waals surface area contributed by atoms with Crippen LogP contribution in [0.1, 0.15) is 51.4 Å². The van der Waals surface area contributed by atoms with Gasteiger partial charge in [0, 0.05) is 26.1 Å². The Morgan fingerprint density at radius 3 is 1.38 bits per heavy atom. The highest BCUT2D eigenvalue weighted by molar-refractivity contribution is 5.73. The van der Waals surface area contributed by atoms with Gasteiger partial charge in [0.25, 0.3) is 0 Å². The van der Waals surface area contributed by atoms with Crippen molar-refractivity contribution in [1.82, 2.24) is 0 Å². The molecule has 0 heterocycles. The fourth-order valence-corrected chi connectivity index (χ4v) is 2.06. The van der Waals surface area contributed by atoms with E-state index < -0.39 is 0 Å². The molecule has 0 aliphatic carbocycles. The van der Waals surface area contributed by atoms with E-state index in [9.17, 15) is 9.59 Å². The number of carbonyl (C=O) groups is 2. The molecular weight excluding hydrogens is 312 g/mol. The summed E-state index contributed by atoms with van der Waals surface area (Å²) in [7, 11) is 0. The lowest BCUT2D eigenvalue weighted by Crippen LogP contribution is -2.09. The summed E-state index contributed by atoms with van der Waals surface area (Å²) in [6.45, 7) is 0.271. The van der Waals surface area contributed by atoms with Crippen LogP contribution in [0.2, 0.25) is 0 Å². The number of ether oxygens (including phenoxy) is 2. The van der Waals surface area contributed by atoms with Crippen molar-refractivity contribution in [2.24, 2.45) is 0 Å². The number of unbranched alkanes of at least 4 members (excludes halogenated alkanes) is 4. The number of esters is 2. The molecule has 2 N–H and O–H groups in total. The highest BCUT2D eigenvalue weighted by Crippen LogP contribution is 2.19. The van der Waals surface area contributed by atoms with Gasteiger partial charge >= 0.3 is 11.9 Å². The van der Waals surface area contributed by atoms with Gasteiger partial charge < -0.3 is 19.7 Å². The van der Waals surface area contributed by atoms with Crippen LogP contribution in [0.5, 0.6) is 11.5 Å². The van der Waals surface area contributed by atoms with E-state index in [0.717, 1.165) is 12.8 Å². The molecule has 0 spiro atoms. The monoisotopic (exact) mass is 338 g/mol. The molecule has 1 aromatic carbocycles. The number of aliphatic hydroxyl groups is 2. The number of rotatable bonds is 12. The van der Waals surface area contributed by atoms with Crippen LogP contribution in [0, 0.1) is 0 Å². The summed E-state index contributed by atoms with van der Waals surface area (Å²) in [5.41, 5.74) is 0. The third-order valence-electron chi connectivity index (χ3n) is 3.37. The molecule has 0 bridgehead atoms. The fourth-order valence-electron chi connectivity index (χ4n) is 2.06. The van der Waals surface area contributed by atoms with E-state index in [4.69, 9.17) is 19.7 Å². The van der Waals surface area contributed by atoms with Crippen molar-refractivity contribution in [3.63, 3.8) is 0 Å². The molecule has 0 fully saturated rings. The SMILES string of the molecule is O=C(CCCCCO)Oc1ccc(OC(=O)CCCCCO)cc1. The topological polar surface area (TPSA) is 93.1 Å². The first kappa shape index (κ1) is 20.1. The Bertz CT molecular complexity index is 438. The van der Waals surface area contributed by atoms with E-state index in [-0.39, 0.29) is 25.2 Å². The second-order valence-electron chi connectivity index (χ2n) is 5.49. The maximum Gasteiger partial charge on any atom is 0.311 e. The minimum atomic E-state index is -0.318. The smallest absolute Gasteiger partial charge is 0.311 e. The van der Waals surface area contributed by atoms with E-state index in [1.54, 1.807) is 24.3 Å². The molecule has 0 aliphatic rings. The van der Waals surface area contributed by atoms with E-state index in [1.165, 1.54) is 0 Å². The molecule has 24 heavy (non-hydrogen) atoms. The molecule has 0 radical (unpaired) electrons. The Morgan fingerprint density at radius 2 is 1.04 bits per heavy atom. The summed E-state index contributed by atoms with van der Waals surface area (Å²) < 4.78 is 10.4. The summed E-state index contributed by atoms with van der Waals surface area (Å²) in [6, 6.07) is 6.33. The molecule has 6 heteroatoms. The quantitative estimate of drug-likeness (QED) is 0.346. The standard InChI is InChI=1S/C18H26O6/c19-13-5-1-3-7-17(21)23-15-9-11-16(12-10-15)24-18(22)8-4-2-6-14-20/h9-12,19-20H,1-8,13-14H2. The lowest BCUT2D eigenvalue weighted by Gasteiger charge is -2.07. The van der Waals surface area contributed by atoms with Crippen LogP contribution in [-0.2, 0) is 9.59 Å². The van der Waals surface area contributed by atoms with E-state index in [1.807, 2.05) is 0 Å². The van der Waals surface area contributed by atoms with Gasteiger partial charge in [0.2, 0.25) is 0 Å². The number of carbonyl (C=O) groups excluding carboxylic acids is 2. The van der Waals surface area contributed by atoms with Crippen LogP contribution in [-0.4, -0.2) is 35.4 Å². The third-order valence-corrected chi connectivity index (χ3v) is 3.37. The molecule has 6 nitrogen and oxygen atoms in total. The van der Waals surface area contributed by atoms with Crippen LogP contribution < -0.4 is 9.47 Å². The summed E-state index contributed by atoms with van der Waals surface area (Å²) >= 11 is 0. The first-order chi connectivity index (χ1) is 11.7. The third kappa shape index (κ3) is 9.27. The van der Waals surface area contributed by atoms with Gasteiger partial charge in [0.05, 0.1) is 0 Å². The van der Waals surface area contributed by atoms with Gasteiger partial charge in [0.15, 0.2) is 0 Å². The first-order valence-electron chi connectivity index (χ1n) is 8.39. The van der Waals surface area contributed by atoms with Crippen LogP contribution >= 0.6 is 0 Å². The minimum absolute atomic E-state index is 0.136. The van der Waals surface area contributed by atoms with Crippen LogP contribution in [0.25, 0.3) is 0 Å². The van der Waals surface area contributed by atoms with Gasteiger partial charge in [0.1, 0.15) is 11.5 Å². The van der Waals surface area contributed by atoms with Gasteiger partial charge in [-0.15, -0.1) is 0 Å². The molecule has 1 aromatic rings. The van der Waals surface area contributed by atoms with Gasteiger partial charge in [-0.25, -0.2) is 0 Å². The zero-order valence-electron chi connectivity index (χ0n) is 13.9. The van der Waals surface area contributed by atoms with Crippen molar-refractivity contribution < 1.29 is 29.3 Å². The lowest BCUT2D eigenvalue weighted by molar-refractivity contribution is -0.135. The Morgan fingerprint density at radius 1 is 0.667 bits per heavy atom. The molecule has 0 saturated heterocycles. The maximum atomic E-state index is 11.6. The predicted molar refractivity (Wildman–Crippen MR) is 88.8 cm³/mol. The normalized spacial score (nSPS) is 10.4. The average Bonchev–Trinajstić information content (AvgIpc) is 2.57. The van der Waals surface area contributed by atoms with Gasteiger partial charge in [-0.05, 0) is 49.9 Å². The number of hydrogen-bond donors (Lipinski definition) is 2. The molecule has 0 atom stereocenters. The van der Waals surface area contributed by atoms with Crippen molar-refractivity contribution in [3.8, 4) is 11.5 Å². The fraction of sp³-hybridized carbons (Fsp3) is 0.556. The highest BCUT2D eigenvalue weighted by atomic mass is 16.5. The molecule has 1 rings (SSSR count). The molecule has 0 aromatic heterocycles. The number of hydrogen-bond acceptors (Lipinski definition) is 6. The number of benzene rings is 1. The summed E-state index contributed by atoms with van der Waals surface area (Å²) in [6.07, 6.45) is 4.95. The Kier molecular flexibility index (Phi) is 10.5. The van der Waals surface area contributed by atoms with Crippen molar-refractivity contribution in [2.75, 3.05) is 13.2 Å². The average molecular weight is 338 g/mol. The zero-order valence-corrected chi connectivity index (χ0v) is 13.9. The largest absolute Gasteiger partial charge is 0.427 e. The Balaban J connectivity index is 2.29. The zero-order chi connectivity index (χ0) is 17.6. The Hall–Kier alpha value is -1.92. The maximum absolute atomic E-state index is 11.6. The predicted octanol–water partition coefficient (Wildman–Crippen LogP) is 2.60. The second-order valence-corrected chi connectivity index (χ2v) is 5.49. The van der Waals surface area contributed by atoms with Crippen LogP contribution in [0.3, 0.4) is 0 Å². The minimum Gasteiger partial charge on any atom is -0.427 e. The van der Waals surface area contributed by atoms with Crippen molar-refractivity contribution in [1.29, 1.82) is 0 Å². The summed E-state index contributed by atoms with van der Waals surface area (Å²) in [5, 5.41) is 17.3. The van der Waals surface area contributed by atoms with E-state index >= 15 is 0 Å². The van der Waals surface area contributed by atoms with Crippen molar-refractivity contribution in [3.05, 3.63) is 24.3 Å². The number of aliphatic hydroxyl groups excluding tert-OH is 2. The molecule has 0 amide bonds. The molecule has 0 aliphatic heterocycles. The van der Waals surface area contributed by atoms with Crippen molar-refractivity contribution >= 4 is 11.9 Å². The van der Waals surface area contributed by atoms with E-state index in [2.05, 4.69) is 0 Å². The first-order valence-corrected chi connectivity index (χ1v) is 8.39. The Labute approximate surface area is 142 Å².